The van der Waals surface area contributed by atoms with Crippen molar-refractivity contribution in [3.8, 4) is 0 Å². The summed E-state index contributed by atoms with van der Waals surface area (Å²) in [4.78, 5) is 2.52. The lowest BCUT2D eigenvalue weighted by atomic mass is 9.89. The van der Waals surface area contributed by atoms with Crippen LogP contribution in [0.5, 0.6) is 0 Å². The van der Waals surface area contributed by atoms with E-state index in [1.165, 1.54) is 20.9 Å². The average molecular weight is 361 g/mol. The van der Waals surface area contributed by atoms with Crippen molar-refractivity contribution < 1.29 is 0 Å². The molecule has 0 bridgehead atoms. The van der Waals surface area contributed by atoms with Gasteiger partial charge >= 0.3 is 0 Å². The third-order valence-corrected chi connectivity index (χ3v) is 5.10. The van der Waals surface area contributed by atoms with Gasteiger partial charge in [0.1, 0.15) is 0 Å². The standard InChI is InChI=1S/C25H28S/c1-9-14-16-22(18(6)11-3)24-19(7)26-20(8)25(24)23(17-15-10-2)21(12-4)13-5/h9-17H,1-5H2,6-8H3/b16-14-,17-15-,22-18-. The number of hydrogen-bond donors (Lipinski definition) is 0. The molecule has 0 aromatic carbocycles. The van der Waals surface area contributed by atoms with E-state index in [0.29, 0.717) is 0 Å². The van der Waals surface area contributed by atoms with Gasteiger partial charge in [0, 0.05) is 20.9 Å². The molecule has 0 amide bonds. The zero-order valence-corrected chi connectivity index (χ0v) is 17.0. The first-order chi connectivity index (χ1) is 12.5. The Labute approximate surface area is 163 Å². The minimum absolute atomic E-state index is 0.994. The van der Waals surface area contributed by atoms with Crippen molar-refractivity contribution in [3.63, 3.8) is 0 Å². The summed E-state index contributed by atoms with van der Waals surface area (Å²) in [7, 11) is 0. The van der Waals surface area contributed by atoms with Crippen molar-refractivity contribution in [2.45, 2.75) is 20.8 Å². The summed E-state index contributed by atoms with van der Waals surface area (Å²) in [6.45, 7) is 25.9. The summed E-state index contributed by atoms with van der Waals surface area (Å²) in [6, 6.07) is 0. The van der Waals surface area contributed by atoms with Gasteiger partial charge in [-0.25, -0.2) is 0 Å². The second-order valence-corrected chi connectivity index (χ2v) is 7.16. The van der Waals surface area contributed by atoms with Gasteiger partial charge in [0.2, 0.25) is 0 Å². The highest BCUT2D eigenvalue weighted by Crippen LogP contribution is 2.41. The largest absolute Gasteiger partial charge is 0.145 e. The number of hydrogen-bond acceptors (Lipinski definition) is 1. The molecule has 0 N–H and O–H groups in total. The average Bonchev–Trinajstić information content (AvgIpc) is 2.92. The van der Waals surface area contributed by atoms with E-state index in [9.17, 15) is 0 Å². The van der Waals surface area contributed by atoms with E-state index >= 15 is 0 Å². The molecule has 0 saturated carbocycles. The second kappa shape index (κ2) is 10.4. The van der Waals surface area contributed by atoms with Gasteiger partial charge in [-0.1, -0.05) is 87.6 Å². The molecule has 1 aromatic rings. The molecule has 26 heavy (non-hydrogen) atoms. The van der Waals surface area contributed by atoms with E-state index in [1.807, 2.05) is 30.4 Å². The van der Waals surface area contributed by atoms with E-state index in [-0.39, 0.29) is 0 Å². The SMILES string of the molecule is C=C/C=C\C(=C(C=C)C=C)c1c(C)sc(C)c1C(/C=C\C=C)=C(/C)C=C. The molecule has 134 valence electrons. The van der Waals surface area contributed by atoms with E-state index < -0.39 is 0 Å². The Balaban J connectivity index is 4.01. The molecule has 1 heteroatoms. The molecular formula is C25H28S. The van der Waals surface area contributed by atoms with Crippen LogP contribution in [0.15, 0.2) is 98.7 Å². The summed E-state index contributed by atoms with van der Waals surface area (Å²) in [5, 5.41) is 0. The predicted octanol–water partition coefficient (Wildman–Crippen LogP) is 7.93. The molecule has 1 heterocycles. The molecular weight excluding hydrogens is 332 g/mol. The molecule has 1 aromatic heterocycles. The lowest BCUT2D eigenvalue weighted by molar-refractivity contribution is 1.44. The fourth-order valence-electron chi connectivity index (χ4n) is 2.81. The van der Waals surface area contributed by atoms with Crippen molar-refractivity contribution in [1.82, 2.24) is 0 Å². The highest BCUT2D eigenvalue weighted by molar-refractivity contribution is 7.12. The van der Waals surface area contributed by atoms with Crippen LogP contribution in [0.4, 0.5) is 0 Å². The van der Waals surface area contributed by atoms with Crippen molar-refractivity contribution >= 4 is 22.5 Å². The van der Waals surface area contributed by atoms with Crippen LogP contribution in [-0.2, 0) is 0 Å². The van der Waals surface area contributed by atoms with Crippen LogP contribution in [0.25, 0.3) is 11.1 Å². The van der Waals surface area contributed by atoms with Gasteiger partial charge in [-0.05, 0) is 43.1 Å². The molecule has 0 fully saturated rings. The zero-order valence-electron chi connectivity index (χ0n) is 16.1. The number of allylic oxidation sites excluding steroid dienone is 13. The van der Waals surface area contributed by atoms with Crippen LogP contribution in [0.2, 0.25) is 0 Å². The Hall–Kier alpha value is -2.64. The quantitative estimate of drug-likeness (QED) is 0.392. The molecule has 1 rings (SSSR count). The normalized spacial score (nSPS) is 12.0. The smallest absolute Gasteiger partial charge is 0.0102 e. The number of aryl methyl sites for hydroxylation is 2. The first-order valence-electron chi connectivity index (χ1n) is 8.48. The molecule has 0 aliphatic rings. The van der Waals surface area contributed by atoms with Crippen LogP contribution in [-0.4, -0.2) is 0 Å². The summed E-state index contributed by atoms with van der Waals surface area (Å²) < 4.78 is 0. The first kappa shape index (κ1) is 21.4. The summed E-state index contributed by atoms with van der Waals surface area (Å²) in [5.41, 5.74) is 6.77. The monoisotopic (exact) mass is 360 g/mol. The fourth-order valence-corrected chi connectivity index (χ4v) is 3.90. The molecule has 0 unspecified atom stereocenters. The molecule has 0 aliphatic carbocycles. The molecule has 0 atom stereocenters. The molecule has 0 saturated heterocycles. The summed E-state index contributed by atoms with van der Waals surface area (Å²) in [6.07, 6.45) is 17.2. The maximum atomic E-state index is 3.96. The van der Waals surface area contributed by atoms with Gasteiger partial charge in [0.15, 0.2) is 0 Å². The first-order valence-corrected chi connectivity index (χ1v) is 9.29. The van der Waals surface area contributed by atoms with Gasteiger partial charge in [-0.15, -0.1) is 11.3 Å². The Bertz CT molecular complexity index is 835. The maximum Gasteiger partial charge on any atom is 0.0102 e. The van der Waals surface area contributed by atoms with Crippen LogP contribution >= 0.6 is 11.3 Å². The van der Waals surface area contributed by atoms with E-state index in [0.717, 1.165) is 22.3 Å². The van der Waals surface area contributed by atoms with Gasteiger partial charge in [-0.2, -0.15) is 0 Å². The second-order valence-electron chi connectivity index (χ2n) is 5.73. The molecule has 0 nitrogen and oxygen atoms in total. The Morgan fingerprint density at radius 1 is 0.731 bits per heavy atom. The summed E-state index contributed by atoms with van der Waals surface area (Å²) >= 11 is 1.80. The van der Waals surface area contributed by atoms with Crippen LogP contribution in [0.1, 0.15) is 27.8 Å². The van der Waals surface area contributed by atoms with Gasteiger partial charge < -0.3 is 0 Å². The van der Waals surface area contributed by atoms with Crippen LogP contribution < -0.4 is 0 Å². The highest BCUT2D eigenvalue weighted by atomic mass is 32.1. The zero-order chi connectivity index (χ0) is 19.7. The predicted molar refractivity (Wildman–Crippen MR) is 123 cm³/mol. The van der Waals surface area contributed by atoms with E-state index in [2.05, 4.69) is 65.8 Å². The number of thiophene rings is 1. The van der Waals surface area contributed by atoms with Crippen molar-refractivity contribution in [2.75, 3.05) is 0 Å². The Kier molecular flexibility index (Phi) is 8.54. The van der Waals surface area contributed by atoms with Gasteiger partial charge in [0.25, 0.3) is 0 Å². The lowest BCUT2D eigenvalue weighted by Crippen LogP contribution is -1.95. The molecule has 0 aliphatic heterocycles. The van der Waals surface area contributed by atoms with Crippen LogP contribution in [0, 0.1) is 13.8 Å². The number of rotatable bonds is 9. The highest BCUT2D eigenvalue weighted by Gasteiger charge is 2.19. The van der Waals surface area contributed by atoms with Gasteiger partial charge in [-0.3, -0.25) is 0 Å². The topological polar surface area (TPSA) is 0 Å². The van der Waals surface area contributed by atoms with Crippen LogP contribution in [0.3, 0.4) is 0 Å². The molecule has 0 spiro atoms. The van der Waals surface area contributed by atoms with Crippen molar-refractivity contribution in [1.29, 1.82) is 0 Å². The minimum Gasteiger partial charge on any atom is -0.145 e. The van der Waals surface area contributed by atoms with Crippen molar-refractivity contribution in [2.24, 2.45) is 0 Å². The van der Waals surface area contributed by atoms with E-state index in [1.54, 1.807) is 23.5 Å². The van der Waals surface area contributed by atoms with E-state index in [4.69, 9.17) is 0 Å². The lowest BCUT2D eigenvalue weighted by Gasteiger charge is -2.14. The minimum atomic E-state index is 0.994. The van der Waals surface area contributed by atoms with Crippen molar-refractivity contribution in [3.05, 3.63) is 120 Å². The third kappa shape index (κ3) is 4.71. The Morgan fingerprint density at radius 3 is 1.62 bits per heavy atom. The fraction of sp³-hybridized carbons (Fsp3) is 0.120. The molecule has 0 radical (unpaired) electrons. The third-order valence-electron chi connectivity index (χ3n) is 4.08. The Morgan fingerprint density at radius 2 is 1.19 bits per heavy atom. The summed E-state index contributed by atoms with van der Waals surface area (Å²) in [5.74, 6) is 0. The maximum absolute atomic E-state index is 3.96. The van der Waals surface area contributed by atoms with Gasteiger partial charge in [0.05, 0.1) is 0 Å².